The summed E-state index contributed by atoms with van der Waals surface area (Å²) in [5.74, 6) is 1.85. The van der Waals surface area contributed by atoms with Crippen molar-refractivity contribution in [3.05, 3.63) is 66.3 Å². The first kappa shape index (κ1) is 14.0. The van der Waals surface area contributed by atoms with Crippen molar-refractivity contribution in [3.8, 4) is 5.69 Å². The van der Waals surface area contributed by atoms with Crippen LogP contribution >= 0.6 is 11.8 Å². The zero-order chi connectivity index (χ0) is 15.6. The van der Waals surface area contributed by atoms with Crippen molar-refractivity contribution < 1.29 is 4.52 Å². The van der Waals surface area contributed by atoms with Crippen molar-refractivity contribution >= 4 is 22.8 Å². The van der Waals surface area contributed by atoms with Crippen molar-refractivity contribution in [2.24, 2.45) is 0 Å². The summed E-state index contributed by atoms with van der Waals surface area (Å²) in [5.41, 5.74) is 3.15. The largest absolute Gasteiger partial charge is 0.338 e. The maximum atomic E-state index is 5.19. The Balaban J connectivity index is 1.76. The Hall–Kier alpha value is -2.60. The van der Waals surface area contributed by atoms with E-state index in [9.17, 15) is 0 Å². The Morgan fingerprint density at radius 1 is 1.00 bits per heavy atom. The highest BCUT2D eigenvalue weighted by Crippen LogP contribution is 2.29. The lowest BCUT2D eigenvalue weighted by Gasteiger charge is -2.07. The van der Waals surface area contributed by atoms with Gasteiger partial charge in [0.1, 0.15) is 0 Å². The fourth-order valence-corrected chi connectivity index (χ4v) is 3.32. The van der Waals surface area contributed by atoms with E-state index in [0.29, 0.717) is 17.5 Å². The fourth-order valence-electron chi connectivity index (χ4n) is 2.45. The molecule has 0 atom stereocenters. The average Bonchev–Trinajstić information content (AvgIpc) is 3.16. The molecule has 4 rings (SSSR count). The maximum Gasteiger partial charge on any atom is 0.237 e. The van der Waals surface area contributed by atoms with Gasteiger partial charge in [0.15, 0.2) is 11.0 Å². The Morgan fingerprint density at radius 2 is 1.78 bits per heavy atom. The van der Waals surface area contributed by atoms with Gasteiger partial charge in [-0.3, -0.25) is 4.57 Å². The van der Waals surface area contributed by atoms with Gasteiger partial charge in [0.2, 0.25) is 5.89 Å². The summed E-state index contributed by atoms with van der Waals surface area (Å²) in [6.45, 7) is 1.82. The van der Waals surface area contributed by atoms with Crippen LogP contribution in [0.15, 0.2) is 64.3 Å². The number of aryl methyl sites for hydroxylation is 1. The fraction of sp³-hybridized carbons (Fsp3) is 0.118. The van der Waals surface area contributed by atoms with Gasteiger partial charge in [-0.05, 0) is 31.2 Å². The monoisotopic (exact) mass is 322 g/mol. The molecule has 114 valence electrons. The number of thioether (sulfide) groups is 1. The highest BCUT2D eigenvalue weighted by molar-refractivity contribution is 7.98. The Bertz CT molecular complexity index is 946. The Kier molecular flexibility index (Phi) is 3.59. The number of para-hydroxylation sites is 3. The summed E-state index contributed by atoms with van der Waals surface area (Å²) in [6.07, 6.45) is 0. The third kappa shape index (κ3) is 2.73. The van der Waals surface area contributed by atoms with Crippen molar-refractivity contribution in [2.45, 2.75) is 17.8 Å². The summed E-state index contributed by atoms with van der Waals surface area (Å²) in [5, 5.41) is 4.74. The van der Waals surface area contributed by atoms with Gasteiger partial charge < -0.3 is 4.52 Å². The third-order valence-corrected chi connectivity index (χ3v) is 4.36. The molecule has 0 saturated carbocycles. The molecule has 6 heteroatoms. The van der Waals surface area contributed by atoms with Crippen molar-refractivity contribution in [2.75, 3.05) is 0 Å². The van der Waals surface area contributed by atoms with Crippen LogP contribution in [0.25, 0.3) is 16.7 Å². The number of nitrogens with zero attached hydrogens (tertiary/aromatic N) is 4. The second-order valence-corrected chi connectivity index (χ2v) is 6.02. The molecule has 0 radical (unpaired) electrons. The Labute approximate surface area is 137 Å². The molecule has 0 unspecified atom stereocenters. The minimum absolute atomic E-state index is 0.594. The van der Waals surface area contributed by atoms with Gasteiger partial charge in [0.05, 0.1) is 16.8 Å². The molecule has 0 saturated heterocycles. The van der Waals surface area contributed by atoms with Crippen molar-refractivity contribution in [3.63, 3.8) is 0 Å². The lowest BCUT2D eigenvalue weighted by atomic mass is 10.3. The molecule has 23 heavy (non-hydrogen) atoms. The molecule has 2 heterocycles. The maximum absolute atomic E-state index is 5.19. The molecular weight excluding hydrogens is 308 g/mol. The lowest BCUT2D eigenvalue weighted by molar-refractivity contribution is 0.387. The number of benzene rings is 2. The van der Waals surface area contributed by atoms with Gasteiger partial charge in [-0.2, -0.15) is 4.98 Å². The SMILES string of the molecule is Cc1noc(CSc2nc3ccccc3n2-c2ccccc2)n1. The number of imidazole rings is 1. The van der Waals surface area contributed by atoms with Crippen LogP contribution < -0.4 is 0 Å². The predicted molar refractivity (Wildman–Crippen MR) is 89.7 cm³/mol. The van der Waals surface area contributed by atoms with E-state index in [1.54, 1.807) is 11.8 Å². The van der Waals surface area contributed by atoms with Gasteiger partial charge in [0, 0.05) is 5.69 Å². The zero-order valence-corrected chi connectivity index (χ0v) is 13.3. The van der Waals surface area contributed by atoms with E-state index in [1.807, 2.05) is 43.3 Å². The number of hydrogen-bond acceptors (Lipinski definition) is 5. The molecule has 2 aromatic heterocycles. The summed E-state index contributed by atoms with van der Waals surface area (Å²) in [6, 6.07) is 18.4. The quantitative estimate of drug-likeness (QED) is 0.531. The first-order valence-corrected chi connectivity index (χ1v) is 8.25. The van der Waals surface area contributed by atoms with Crippen molar-refractivity contribution in [1.82, 2.24) is 19.7 Å². The second kappa shape index (κ2) is 5.89. The lowest BCUT2D eigenvalue weighted by Crippen LogP contribution is -1.96. The van der Waals surface area contributed by atoms with Crippen LogP contribution in [0, 0.1) is 6.92 Å². The first-order chi connectivity index (χ1) is 11.3. The van der Waals surface area contributed by atoms with Gasteiger partial charge in [0.25, 0.3) is 0 Å². The van der Waals surface area contributed by atoms with E-state index in [-0.39, 0.29) is 0 Å². The van der Waals surface area contributed by atoms with E-state index < -0.39 is 0 Å². The Morgan fingerprint density at radius 3 is 2.57 bits per heavy atom. The van der Waals surface area contributed by atoms with Gasteiger partial charge in [-0.25, -0.2) is 4.98 Å². The van der Waals surface area contributed by atoms with Gasteiger partial charge >= 0.3 is 0 Å². The summed E-state index contributed by atoms with van der Waals surface area (Å²) in [7, 11) is 0. The van der Waals surface area contributed by atoms with E-state index >= 15 is 0 Å². The van der Waals surface area contributed by atoms with Crippen molar-refractivity contribution in [1.29, 1.82) is 0 Å². The summed E-state index contributed by atoms with van der Waals surface area (Å²) >= 11 is 1.59. The molecule has 4 aromatic rings. The molecule has 0 bridgehead atoms. The first-order valence-electron chi connectivity index (χ1n) is 7.26. The number of rotatable bonds is 4. The number of aromatic nitrogens is 4. The smallest absolute Gasteiger partial charge is 0.237 e. The van der Waals surface area contributed by atoms with Gasteiger partial charge in [-0.1, -0.05) is 47.3 Å². The molecule has 2 aromatic carbocycles. The second-order valence-electron chi connectivity index (χ2n) is 5.08. The molecule has 0 N–H and O–H groups in total. The molecular formula is C17H14N4OS. The summed E-state index contributed by atoms with van der Waals surface area (Å²) < 4.78 is 7.34. The van der Waals surface area contributed by atoms with Crippen LogP contribution in [0.2, 0.25) is 0 Å². The topological polar surface area (TPSA) is 56.7 Å². The number of fused-ring (bicyclic) bond motifs is 1. The van der Waals surface area contributed by atoms with Crippen LogP contribution in [0.4, 0.5) is 0 Å². The normalized spacial score (nSPS) is 11.2. The summed E-state index contributed by atoms with van der Waals surface area (Å²) in [4.78, 5) is 8.99. The van der Waals surface area contributed by atoms with Crippen LogP contribution in [0.3, 0.4) is 0 Å². The zero-order valence-electron chi connectivity index (χ0n) is 12.5. The molecule has 0 spiro atoms. The molecule has 0 aliphatic carbocycles. The molecule has 0 aliphatic rings. The van der Waals surface area contributed by atoms with Crippen LogP contribution in [0.5, 0.6) is 0 Å². The average molecular weight is 322 g/mol. The minimum Gasteiger partial charge on any atom is -0.338 e. The molecule has 0 amide bonds. The van der Waals surface area contributed by atoms with Gasteiger partial charge in [-0.15, -0.1) is 0 Å². The van der Waals surface area contributed by atoms with E-state index in [0.717, 1.165) is 21.9 Å². The van der Waals surface area contributed by atoms with Crippen LogP contribution in [-0.2, 0) is 5.75 Å². The van der Waals surface area contributed by atoms with Crippen LogP contribution in [0.1, 0.15) is 11.7 Å². The number of hydrogen-bond donors (Lipinski definition) is 0. The molecule has 0 fully saturated rings. The van der Waals surface area contributed by atoms with Crippen LogP contribution in [-0.4, -0.2) is 19.7 Å². The molecule has 0 aliphatic heterocycles. The van der Waals surface area contributed by atoms with E-state index in [4.69, 9.17) is 9.51 Å². The predicted octanol–water partition coefficient (Wildman–Crippen LogP) is 4.01. The van der Waals surface area contributed by atoms with E-state index in [1.165, 1.54) is 0 Å². The highest BCUT2D eigenvalue weighted by atomic mass is 32.2. The third-order valence-electron chi connectivity index (χ3n) is 3.44. The minimum atomic E-state index is 0.594. The molecule has 5 nitrogen and oxygen atoms in total. The highest BCUT2D eigenvalue weighted by Gasteiger charge is 2.14. The van der Waals surface area contributed by atoms with E-state index in [2.05, 4.69) is 32.9 Å². The standard InChI is InChI=1S/C17H14N4OS/c1-12-18-16(22-20-12)11-23-17-19-14-9-5-6-10-15(14)21(17)13-7-3-2-4-8-13/h2-10H,11H2,1H3.